The van der Waals surface area contributed by atoms with Gasteiger partial charge in [-0.1, -0.05) is 6.92 Å². The quantitative estimate of drug-likeness (QED) is 0.605. The molecule has 0 radical (unpaired) electrons. The zero-order chi connectivity index (χ0) is 15.3. The summed E-state index contributed by atoms with van der Waals surface area (Å²) in [5, 5.41) is 19.5. The summed E-state index contributed by atoms with van der Waals surface area (Å²) in [5.74, 6) is -1.36. The molecule has 0 heterocycles. The summed E-state index contributed by atoms with van der Waals surface area (Å²) in [7, 11) is -0.0283. The van der Waals surface area contributed by atoms with Crippen molar-refractivity contribution in [2.24, 2.45) is 5.92 Å². The van der Waals surface area contributed by atoms with Crippen LogP contribution in [0.3, 0.4) is 0 Å². The number of rotatable bonds is 7. The van der Waals surface area contributed by atoms with E-state index in [1.807, 2.05) is 0 Å². The first-order chi connectivity index (χ1) is 9.35. The van der Waals surface area contributed by atoms with Crippen LogP contribution in [-0.4, -0.2) is 33.1 Å². The van der Waals surface area contributed by atoms with Crippen LogP contribution in [0, 0.1) is 16.0 Å². The van der Waals surface area contributed by atoms with E-state index in [9.17, 15) is 19.1 Å². The van der Waals surface area contributed by atoms with E-state index in [1.165, 1.54) is 32.2 Å². The van der Waals surface area contributed by atoms with Crippen molar-refractivity contribution in [3.05, 3.63) is 33.9 Å². The molecule has 0 aliphatic carbocycles. The minimum absolute atomic E-state index is 0.0127. The lowest BCUT2D eigenvalue weighted by atomic mass is 10.2. The second kappa shape index (κ2) is 6.99. The van der Waals surface area contributed by atoms with Gasteiger partial charge in [0.05, 0.1) is 23.7 Å². The first-order valence-corrected chi connectivity index (χ1v) is 7.23. The maximum absolute atomic E-state index is 11.9. The molecule has 0 aliphatic heterocycles. The maximum atomic E-state index is 11.9. The Morgan fingerprint density at radius 1 is 1.55 bits per heavy atom. The standard InChI is InChI=1S/C12H15NO6S/c1-8(12(14)15)6-20(18)7-9-5-10(13(16)17)3-4-11(9)19-2/h3-5,8H,6-7H2,1-2H3,(H,14,15). The average Bonchev–Trinajstić information content (AvgIpc) is 2.38. The van der Waals surface area contributed by atoms with Crippen molar-refractivity contribution in [3.8, 4) is 5.75 Å². The highest BCUT2D eigenvalue weighted by Crippen LogP contribution is 2.25. The molecule has 7 nitrogen and oxygen atoms in total. The lowest BCUT2D eigenvalue weighted by Gasteiger charge is -2.09. The predicted molar refractivity (Wildman–Crippen MR) is 73.2 cm³/mol. The van der Waals surface area contributed by atoms with E-state index in [1.54, 1.807) is 0 Å². The van der Waals surface area contributed by atoms with Crippen molar-refractivity contribution in [2.75, 3.05) is 12.9 Å². The van der Waals surface area contributed by atoms with Gasteiger partial charge in [-0.3, -0.25) is 19.1 Å². The number of nitrogens with zero attached hydrogens (tertiary/aromatic N) is 1. The molecule has 0 fully saturated rings. The lowest BCUT2D eigenvalue weighted by molar-refractivity contribution is -0.384. The summed E-state index contributed by atoms with van der Waals surface area (Å²) < 4.78 is 17.0. The minimum Gasteiger partial charge on any atom is -0.496 e. The largest absolute Gasteiger partial charge is 0.496 e. The molecule has 0 saturated heterocycles. The van der Waals surface area contributed by atoms with Crippen LogP contribution in [0.2, 0.25) is 0 Å². The second-order valence-corrected chi connectivity index (χ2v) is 5.75. The molecular weight excluding hydrogens is 286 g/mol. The first-order valence-electron chi connectivity index (χ1n) is 5.74. The summed E-state index contributed by atoms with van der Waals surface area (Å²) in [5.41, 5.74) is 0.307. The average molecular weight is 301 g/mol. The van der Waals surface area contributed by atoms with Gasteiger partial charge in [0.1, 0.15) is 5.75 Å². The van der Waals surface area contributed by atoms with Crippen molar-refractivity contribution in [3.63, 3.8) is 0 Å². The van der Waals surface area contributed by atoms with Gasteiger partial charge in [0.15, 0.2) is 0 Å². The van der Waals surface area contributed by atoms with Crippen LogP contribution in [0.1, 0.15) is 12.5 Å². The number of aliphatic carboxylic acids is 1. The number of carboxylic acid groups (broad SMARTS) is 1. The Morgan fingerprint density at radius 2 is 2.20 bits per heavy atom. The smallest absolute Gasteiger partial charge is 0.307 e. The topological polar surface area (TPSA) is 107 Å². The predicted octanol–water partition coefficient (Wildman–Crippen LogP) is 1.57. The normalized spacial score (nSPS) is 13.5. The van der Waals surface area contributed by atoms with E-state index in [-0.39, 0.29) is 17.2 Å². The Morgan fingerprint density at radius 3 is 2.70 bits per heavy atom. The van der Waals surface area contributed by atoms with Crippen LogP contribution in [0.15, 0.2) is 18.2 Å². The van der Waals surface area contributed by atoms with E-state index in [0.29, 0.717) is 11.3 Å². The molecular formula is C12H15NO6S. The van der Waals surface area contributed by atoms with Gasteiger partial charge in [-0.15, -0.1) is 0 Å². The first kappa shape index (κ1) is 16.1. The van der Waals surface area contributed by atoms with Gasteiger partial charge in [0, 0.05) is 34.2 Å². The fourth-order valence-corrected chi connectivity index (χ4v) is 2.96. The molecule has 20 heavy (non-hydrogen) atoms. The van der Waals surface area contributed by atoms with E-state index in [4.69, 9.17) is 9.84 Å². The van der Waals surface area contributed by atoms with Crippen molar-refractivity contribution in [1.29, 1.82) is 0 Å². The third-order valence-corrected chi connectivity index (χ3v) is 4.15. The number of nitro benzene ring substituents is 1. The molecule has 0 aliphatic rings. The highest BCUT2D eigenvalue weighted by atomic mass is 32.2. The van der Waals surface area contributed by atoms with Gasteiger partial charge in [-0.2, -0.15) is 0 Å². The Labute approximate surface area is 118 Å². The molecule has 1 N–H and O–H groups in total. The maximum Gasteiger partial charge on any atom is 0.307 e. The number of hydrogen-bond acceptors (Lipinski definition) is 5. The summed E-state index contributed by atoms with van der Waals surface area (Å²) in [4.78, 5) is 20.9. The fourth-order valence-electron chi connectivity index (χ4n) is 1.57. The van der Waals surface area contributed by atoms with Gasteiger partial charge >= 0.3 is 5.97 Å². The fraction of sp³-hybridized carbons (Fsp3) is 0.417. The number of hydrogen-bond donors (Lipinski definition) is 1. The number of carboxylic acids is 1. The molecule has 2 unspecified atom stereocenters. The molecule has 1 aromatic carbocycles. The van der Waals surface area contributed by atoms with Crippen LogP contribution in [0.25, 0.3) is 0 Å². The lowest BCUT2D eigenvalue weighted by Crippen LogP contribution is -2.18. The highest BCUT2D eigenvalue weighted by Gasteiger charge is 2.18. The number of nitro groups is 1. The van der Waals surface area contributed by atoms with Crippen LogP contribution in [0.4, 0.5) is 5.69 Å². The number of non-ortho nitro benzene ring substituents is 1. The van der Waals surface area contributed by atoms with Crippen molar-refractivity contribution in [2.45, 2.75) is 12.7 Å². The molecule has 1 rings (SSSR count). The zero-order valence-electron chi connectivity index (χ0n) is 11.1. The monoisotopic (exact) mass is 301 g/mol. The molecule has 0 saturated carbocycles. The van der Waals surface area contributed by atoms with Crippen LogP contribution >= 0.6 is 0 Å². The highest BCUT2D eigenvalue weighted by molar-refractivity contribution is 7.84. The summed E-state index contributed by atoms with van der Waals surface area (Å²) in [6.07, 6.45) is 0. The van der Waals surface area contributed by atoms with Gasteiger partial charge < -0.3 is 9.84 Å². The van der Waals surface area contributed by atoms with Gasteiger partial charge in [0.2, 0.25) is 0 Å². The Kier molecular flexibility index (Phi) is 5.63. The molecule has 8 heteroatoms. The van der Waals surface area contributed by atoms with Gasteiger partial charge in [-0.05, 0) is 6.07 Å². The third-order valence-electron chi connectivity index (χ3n) is 2.65. The second-order valence-electron chi connectivity index (χ2n) is 4.24. The number of ether oxygens (including phenoxy) is 1. The van der Waals surface area contributed by atoms with E-state index in [0.717, 1.165) is 0 Å². The molecule has 110 valence electrons. The Balaban J connectivity index is 2.89. The molecule has 2 atom stereocenters. The van der Waals surface area contributed by atoms with Crippen molar-refractivity contribution >= 4 is 22.5 Å². The Bertz CT molecular complexity index is 545. The van der Waals surface area contributed by atoms with Crippen LogP contribution < -0.4 is 4.74 Å². The number of carbonyl (C=O) groups is 1. The van der Waals surface area contributed by atoms with Gasteiger partial charge in [0.25, 0.3) is 5.69 Å². The molecule has 0 aromatic heterocycles. The van der Waals surface area contributed by atoms with Crippen LogP contribution in [-0.2, 0) is 21.3 Å². The zero-order valence-corrected chi connectivity index (χ0v) is 11.9. The van der Waals surface area contributed by atoms with Crippen molar-refractivity contribution < 1.29 is 23.8 Å². The summed E-state index contributed by atoms with van der Waals surface area (Å²) in [6.45, 7) is 1.46. The number of methoxy groups -OCH3 is 1. The summed E-state index contributed by atoms with van der Waals surface area (Å²) in [6, 6.07) is 4.03. The van der Waals surface area contributed by atoms with E-state index >= 15 is 0 Å². The SMILES string of the molecule is COc1ccc([N+](=O)[O-])cc1CS(=O)CC(C)C(=O)O. The molecule has 0 bridgehead atoms. The summed E-state index contributed by atoms with van der Waals surface area (Å²) >= 11 is 0. The van der Waals surface area contributed by atoms with Crippen LogP contribution in [0.5, 0.6) is 5.75 Å². The van der Waals surface area contributed by atoms with E-state index < -0.39 is 27.6 Å². The Hall–Kier alpha value is -1.96. The molecule has 0 spiro atoms. The van der Waals surface area contributed by atoms with Crippen molar-refractivity contribution in [1.82, 2.24) is 0 Å². The molecule has 0 amide bonds. The van der Waals surface area contributed by atoms with Gasteiger partial charge in [-0.25, -0.2) is 0 Å². The number of benzene rings is 1. The van der Waals surface area contributed by atoms with E-state index in [2.05, 4.69) is 0 Å². The minimum atomic E-state index is -1.44. The molecule has 1 aromatic rings. The third kappa shape index (κ3) is 4.30.